The smallest absolute Gasteiger partial charge is 0.139 e. The Hall–Kier alpha value is -0.955. The Morgan fingerprint density at radius 1 is 1.40 bits per heavy atom. The quantitative estimate of drug-likeness (QED) is 0.381. The van der Waals surface area contributed by atoms with E-state index in [1.807, 2.05) is 26.0 Å². The van der Waals surface area contributed by atoms with Crippen molar-refractivity contribution in [3.8, 4) is 0 Å². The van der Waals surface area contributed by atoms with Crippen molar-refractivity contribution in [2.75, 3.05) is 5.73 Å². The Bertz CT molecular complexity index is 235. The van der Waals surface area contributed by atoms with Gasteiger partial charge in [0.15, 0.2) is 0 Å². The van der Waals surface area contributed by atoms with Gasteiger partial charge in [-0.1, -0.05) is 17.6 Å². The van der Waals surface area contributed by atoms with Crippen LogP contribution in [0.25, 0.3) is 0 Å². The fourth-order valence-corrected chi connectivity index (χ4v) is 0.911. The van der Waals surface area contributed by atoms with Crippen molar-refractivity contribution in [2.24, 2.45) is 5.73 Å². The monoisotopic (exact) mass is 134 g/mol. The summed E-state index contributed by atoms with van der Waals surface area (Å²) in [5.41, 5.74) is 14.1. The Kier molecular flexibility index (Phi) is 1.97. The molecule has 0 atom stereocenters. The molecule has 0 spiro atoms. The van der Waals surface area contributed by atoms with Crippen LogP contribution in [-0.4, -0.2) is 7.85 Å². The van der Waals surface area contributed by atoms with E-state index in [9.17, 15) is 0 Å². The summed E-state index contributed by atoms with van der Waals surface area (Å²) in [6.07, 6.45) is 0. The third-order valence-electron chi connectivity index (χ3n) is 1.52. The van der Waals surface area contributed by atoms with Crippen LogP contribution in [0.3, 0.4) is 0 Å². The van der Waals surface area contributed by atoms with Gasteiger partial charge < -0.3 is 11.5 Å². The molecular weight excluding hydrogens is 123 g/mol. The van der Waals surface area contributed by atoms with Crippen LogP contribution in [-0.2, 0) is 6.54 Å². The van der Waals surface area contributed by atoms with Gasteiger partial charge in [0.25, 0.3) is 0 Å². The first-order valence-electron chi connectivity index (χ1n) is 3.29. The van der Waals surface area contributed by atoms with E-state index in [0.717, 1.165) is 11.3 Å². The van der Waals surface area contributed by atoms with Gasteiger partial charge in [-0.25, -0.2) is 0 Å². The van der Waals surface area contributed by atoms with Crippen LogP contribution >= 0.6 is 0 Å². The van der Waals surface area contributed by atoms with E-state index in [0.29, 0.717) is 6.54 Å². The zero-order valence-electron chi connectivity index (χ0n) is 6.09. The summed E-state index contributed by atoms with van der Waals surface area (Å²) in [4.78, 5) is 0. The highest BCUT2D eigenvalue weighted by molar-refractivity contribution is 6.32. The van der Waals surface area contributed by atoms with Crippen molar-refractivity contribution in [1.29, 1.82) is 0 Å². The zero-order chi connectivity index (χ0) is 7.56. The minimum atomic E-state index is 0.521. The normalized spacial score (nSPS) is 9.70. The Morgan fingerprint density at radius 2 is 2.10 bits per heavy atom. The lowest BCUT2D eigenvalue weighted by molar-refractivity contribution is 1.08. The highest BCUT2D eigenvalue weighted by Gasteiger charge is 1.94. The summed E-state index contributed by atoms with van der Waals surface area (Å²) in [6, 6.07) is 5.88. The second-order valence-corrected chi connectivity index (χ2v) is 2.41. The minimum absolute atomic E-state index is 0.521. The van der Waals surface area contributed by atoms with Crippen LogP contribution in [0.2, 0.25) is 0 Å². The first-order valence-corrected chi connectivity index (χ1v) is 3.29. The number of anilines is 1. The predicted octanol–water partition coefficient (Wildman–Crippen LogP) is -1.01. The van der Waals surface area contributed by atoms with Crippen LogP contribution in [0, 0.1) is 0 Å². The summed E-state index contributed by atoms with van der Waals surface area (Å²) < 4.78 is 0. The molecule has 0 saturated carbocycles. The highest BCUT2D eigenvalue weighted by atomic mass is 14.6. The van der Waals surface area contributed by atoms with Gasteiger partial charge in [0.05, 0.1) is 0 Å². The van der Waals surface area contributed by atoms with Gasteiger partial charge in [-0.05, 0) is 11.6 Å². The van der Waals surface area contributed by atoms with Crippen LogP contribution in [0.5, 0.6) is 0 Å². The highest BCUT2D eigenvalue weighted by Crippen LogP contribution is 2.06. The van der Waals surface area contributed by atoms with E-state index in [2.05, 4.69) is 0 Å². The molecule has 0 amide bonds. The van der Waals surface area contributed by atoms with Gasteiger partial charge >= 0.3 is 0 Å². The lowest BCUT2D eigenvalue weighted by Gasteiger charge is -2.02. The minimum Gasteiger partial charge on any atom is -0.398 e. The molecule has 0 radical (unpaired) electrons. The van der Waals surface area contributed by atoms with Gasteiger partial charge in [-0.15, -0.1) is 0 Å². The molecule has 4 N–H and O–H groups in total. The van der Waals surface area contributed by atoms with E-state index in [4.69, 9.17) is 11.5 Å². The molecule has 0 aliphatic carbocycles. The maximum Gasteiger partial charge on any atom is 0.139 e. The van der Waals surface area contributed by atoms with Crippen molar-refractivity contribution >= 4 is 19.0 Å². The lowest BCUT2D eigenvalue weighted by Crippen LogP contribution is -2.08. The van der Waals surface area contributed by atoms with Crippen LogP contribution < -0.4 is 16.9 Å². The average Bonchev–Trinajstić information content (AvgIpc) is 1.94. The fourth-order valence-electron chi connectivity index (χ4n) is 0.911. The Balaban J connectivity index is 3.09. The molecule has 10 heavy (non-hydrogen) atoms. The van der Waals surface area contributed by atoms with Gasteiger partial charge in [0.1, 0.15) is 7.85 Å². The molecule has 1 rings (SSSR count). The zero-order valence-corrected chi connectivity index (χ0v) is 6.09. The molecule has 52 valence electrons. The van der Waals surface area contributed by atoms with E-state index in [-0.39, 0.29) is 0 Å². The van der Waals surface area contributed by atoms with E-state index < -0.39 is 0 Å². The molecule has 0 bridgehead atoms. The maximum atomic E-state index is 5.62. The number of benzene rings is 1. The largest absolute Gasteiger partial charge is 0.398 e. The topological polar surface area (TPSA) is 52.0 Å². The van der Waals surface area contributed by atoms with Gasteiger partial charge in [-0.3, -0.25) is 0 Å². The van der Waals surface area contributed by atoms with Crippen LogP contribution in [0.15, 0.2) is 18.2 Å². The van der Waals surface area contributed by atoms with Crippen molar-refractivity contribution in [3.05, 3.63) is 23.8 Å². The summed E-state index contributed by atoms with van der Waals surface area (Å²) in [7, 11) is 2.03. The van der Waals surface area contributed by atoms with Gasteiger partial charge in [0.2, 0.25) is 0 Å². The summed E-state index contributed by atoms with van der Waals surface area (Å²) in [6.45, 7) is 0.521. The SMILES string of the molecule is Bc1ccc(N)c(CN)c1. The average molecular weight is 134 g/mol. The van der Waals surface area contributed by atoms with E-state index in [1.54, 1.807) is 0 Å². The summed E-state index contributed by atoms with van der Waals surface area (Å²) in [5, 5.41) is 0. The molecule has 1 aromatic carbocycles. The Morgan fingerprint density at radius 3 is 2.60 bits per heavy atom. The van der Waals surface area contributed by atoms with E-state index >= 15 is 0 Å². The van der Waals surface area contributed by atoms with Crippen LogP contribution in [0.1, 0.15) is 5.56 Å². The molecule has 0 fully saturated rings. The number of nitrogens with two attached hydrogens (primary N) is 2. The summed E-state index contributed by atoms with van der Waals surface area (Å²) in [5.74, 6) is 0. The van der Waals surface area contributed by atoms with Gasteiger partial charge in [0, 0.05) is 12.2 Å². The van der Waals surface area contributed by atoms with Crippen molar-refractivity contribution in [1.82, 2.24) is 0 Å². The molecular formula is C7H11BN2. The molecule has 0 aliphatic heterocycles. The Labute approximate surface area is 61.6 Å². The first kappa shape index (κ1) is 7.16. The molecule has 0 aromatic heterocycles. The number of hydrogen-bond donors (Lipinski definition) is 2. The summed E-state index contributed by atoms with van der Waals surface area (Å²) >= 11 is 0. The fraction of sp³-hybridized carbons (Fsp3) is 0.143. The molecule has 3 heteroatoms. The molecule has 2 nitrogen and oxygen atoms in total. The first-order chi connectivity index (χ1) is 4.74. The maximum absolute atomic E-state index is 5.62. The number of nitrogen functional groups attached to an aromatic ring is 1. The lowest BCUT2D eigenvalue weighted by atomic mass is 9.94. The standard InChI is InChI=1S/C7H11BN2/c8-6-1-2-7(10)5(3-6)4-9/h1-3H,4,8-10H2. The molecule has 0 aliphatic rings. The number of rotatable bonds is 1. The third-order valence-corrected chi connectivity index (χ3v) is 1.52. The molecule has 0 unspecified atom stereocenters. The van der Waals surface area contributed by atoms with Crippen LogP contribution in [0.4, 0.5) is 5.69 Å². The van der Waals surface area contributed by atoms with Crippen molar-refractivity contribution in [3.63, 3.8) is 0 Å². The second kappa shape index (κ2) is 2.75. The molecule has 1 aromatic rings. The number of hydrogen-bond acceptors (Lipinski definition) is 2. The van der Waals surface area contributed by atoms with E-state index in [1.165, 1.54) is 5.46 Å². The second-order valence-electron chi connectivity index (χ2n) is 2.41. The van der Waals surface area contributed by atoms with Crippen molar-refractivity contribution < 1.29 is 0 Å². The third kappa shape index (κ3) is 1.31. The molecule has 0 heterocycles. The van der Waals surface area contributed by atoms with Crippen molar-refractivity contribution in [2.45, 2.75) is 6.54 Å². The predicted molar refractivity (Wildman–Crippen MR) is 46.9 cm³/mol. The van der Waals surface area contributed by atoms with Gasteiger partial charge in [-0.2, -0.15) is 0 Å². The molecule has 0 saturated heterocycles.